The topological polar surface area (TPSA) is 77.9 Å². The third-order valence-electron chi connectivity index (χ3n) is 5.85. The lowest BCUT2D eigenvalue weighted by Gasteiger charge is -2.34. The Balaban J connectivity index is 1.39. The summed E-state index contributed by atoms with van der Waals surface area (Å²) in [6.07, 6.45) is 2.98. The summed E-state index contributed by atoms with van der Waals surface area (Å²) < 4.78 is 0. The maximum Gasteiger partial charge on any atom is 0.319 e. The molecule has 0 radical (unpaired) electrons. The van der Waals surface area contributed by atoms with Gasteiger partial charge in [0, 0.05) is 31.2 Å². The fourth-order valence-corrected chi connectivity index (χ4v) is 4.06. The van der Waals surface area contributed by atoms with E-state index >= 15 is 0 Å². The van der Waals surface area contributed by atoms with Crippen molar-refractivity contribution in [2.24, 2.45) is 11.3 Å². The number of likely N-dealkylation sites (tertiary alicyclic amines) is 1. The highest BCUT2D eigenvalue weighted by molar-refractivity contribution is 6.05. The molecule has 4 rings (SSSR count). The quantitative estimate of drug-likeness (QED) is 0.848. The average Bonchev–Trinajstić information content (AvgIpc) is 3.35. The van der Waals surface area contributed by atoms with Crippen molar-refractivity contribution < 1.29 is 19.5 Å². The molecule has 0 unspecified atom stereocenters. The minimum absolute atomic E-state index is 0.0878. The van der Waals surface area contributed by atoms with Crippen LogP contribution in [0.4, 0.5) is 5.69 Å². The van der Waals surface area contributed by atoms with Gasteiger partial charge in [0.15, 0.2) is 0 Å². The predicted molar refractivity (Wildman–Crippen MR) is 91.1 cm³/mol. The van der Waals surface area contributed by atoms with Crippen molar-refractivity contribution in [3.63, 3.8) is 0 Å². The van der Waals surface area contributed by atoms with Crippen LogP contribution in [0.25, 0.3) is 0 Å². The molecule has 1 aliphatic carbocycles. The number of rotatable bonds is 3. The van der Waals surface area contributed by atoms with E-state index in [0.717, 1.165) is 18.7 Å². The lowest BCUT2D eigenvalue weighted by atomic mass is 9.93. The molecule has 132 valence electrons. The maximum atomic E-state index is 12.9. The first-order valence-corrected chi connectivity index (χ1v) is 8.95. The number of para-hydroxylation sites is 1. The molecule has 0 atom stereocenters. The van der Waals surface area contributed by atoms with Gasteiger partial charge in [-0.1, -0.05) is 18.2 Å². The Morgan fingerprint density at radius 2 is 1.72 bits per heavy atom. The molecule has 1 saturated heterocycles. The molecule has 1 aromatic carbocycles. The number of fused-ring (bicyclic) bond motifs is 1. The standard InChI is InChI=1S/C19H22N2O4/c22-16(21-12-7-13-3-1-2-4-15(13)21)14-5-10-20(11-6-14)17(23)19(8-9-19)18(24)25/h1-4,14H,5-12H2,(H,24,25). The SMILES string of the molecule is O=C(C1CCN(C(=O)C2(C(=O)O)CC2)CC1)N1CCc2ccccc21. The third kappa shape index (κ3) is 2.60. The van der Waals surface area contributed by atoms with Gasteiger partial charge in [-0.15, -0.1) is 0 Å². The minimum Gasteiger partial charge on any atom is -0.480 e. The molecule has 2 fully saturated rings. The number of anilines is 1. The van der Waals surface area contributed by atoms with E-state index in [1.165, 1.54) is 5.56 Å². The lowest BCUT2D eigenvalue weighted by Crippen LogP contribution is -2.47. The Morgan fingerprint density at radius 1 is 1.04 bits per heavy atom. The number of amides is 2. The number of carbonyl (C=O) groups excluding carboxylic acids is 2. The summed E-state index contributed by atoms with van der Waals surface area (Å²) in [5, 5.41) is 9.27. The fourth-order valence-electron chi connectivity index (χ4n) is 4.06. The van der Waals surface area contributed by atoms with Gasteiger partial charge in [0.1, 0.15) is 5.41 Å². The lowest BCUT2D eigenvalue weighted by molar-refractivity contribution is -0.154. The van der Waals surface area contributed by atoms with Crippen LogP contribution in [-0.4, -0.2) is 47.4 Å². The van der Waals surface area contributed by atoms with E-state index in [9.17, 15) is 19.5 Å². The normalized spacial score (nSPS) is 21.8. The van der Waals surface area contributed by atoms with E-state index in [1.54, 1.807) is 4.90 Å². The van der Waals surface area contributed by atoms with Crippen molar-refractivity contribution in [3.05, 3.63) is 29.8 Å². The number of aliphatic carboxylic acids is 1. The van der Waals surface area contributed by atoms with E-state index in [1.807, 2.05) is 23.1 Å². The van der Waals surface area contributed by atoms with Gasteiger partial charge in [-0.05, 0) is 43.7 Å². The Bertz CT molecular complexity index is 733. The number of piperidine rings is 1. The first-order valence-electron chi connectivity index (χ1n) is 8.95. The number of benzene rings is 1. The highest BCUT2D eigenvalue weighted by atomic mass is 16.4. The molecule has 2 aliphatic heterocycles. The third-order valence-corrected chi connectivity index (χ3v) is 5.85. The van der Waals surface area contributed by atoms with E-state index in [2.05, 4.69) is 6.07 Å². The molecule has 2 amide bonds. The smallest absolute Gasteiger partial charge is 0.319 e. The Hall–Kier alpha value is -2.37. The largest absolute Gasteiger partial charge is 0.480 e. The fraction of sp³-hybridized carbons (Fsp3) is 0.526. The molecule has 0 bridgehead atoms. The number of carboxylic acid groups (broad SMARTS) is 1. The Morgan fingerprint density at radius 3 is 2.36 bits per heavy atom. The monoisotopic (exact) mass is 342 g/mol. The van der Waals surface area contributed by atoms with Crippen LogP contribution in [0.3, 0.4) is 0 Å². The average molecular weight is 342 g/mol. The van der Waals surface area contributed by atoms with Crippen molar-refractivity contribution in [2.75, 3.05) is 24.5 Å². The van der Waals surface area contributed by atoms with Crippen LogP contribution in [0.5, 0.6) is 0 Å². The Labute approximate surface area is 146 Å². The van der Waals surface area contributed by atoms with E-state index in [0.29, 0.717) is 38.8 Å². The summed E-state index contributed by atoms with van der Waals surface area (Å²) in [7, 11) is 0. The van der Waals surface area contributed by atoms with Crippen LogP contribution in [0, 0.1) is 11.3 Å². The number of carbonyl (C=O) groups is 3. The zero-order valence-corrected chi connectivity index (χ0v) is 14.1. The van der Waals surface area contributed by atoms with E-state index < -0.39 is 11.4 Å². The second kappa shape index (κ2) is 5.86. The molecular weight excluding hydrogens is 320 g/mol. The molecule has 0 aromatic heterocycles. The van der Waals surface area contributed by atoms with Gasteiger partial charge >= 0.3 is 5.97 Å². The molecule has 1 N–H and O–H groups in total. The van der Waals surface area contributed by atoms with Crippen LogP contribution in [0.1, 0.15) is 31.2 Å². The van der Waals surface area contributed by atoms with Gasteiger partial charge in [0.25, 0.3) is 0 Å². The molecule has 2 heterocycles. The van der Waals surface area contributed by atoms with Gasteiger partial charge in [-0.25, -0.2) is 0 Å². The van der Waals surface area contributed by atoms with Crippen LogP contribution in [-0.2, 0) is 20.8 Å². The van der Waals surface area contributed by atoms with Crippen LogP contribution < -0.4 is 4.90 Å². The van der Waals surface area contributed by atoms with Crippen LogP contribution >= 0.6 is 0 Å². The zero-order chi connectivity index (χ0) is 17.6. The predicted octanol–water partition coefficient (Wildman–Crippen LogP) is 1.68. The van der Waals surface area contributed by atoms with E-state index in [4.69, 9.17) is 0 Å². The number of carboxylic acids is 1. The first-order chi connectivity index (χ1) is 12.0. The van der Waals surface area contributed by atoms with Gasteiger partial charge in [0.2, 0.25) is 11.8 Å². The van der Waals surface area contributed by atoms with Crippen molar-refractivity contribution in [2.45, 2.75) is 32.1 Å². The van der Waals surface area contributed by atoms with Crippen molar-refractivity contribution in [1.82, 2.24) is 4.90 Å². The molecule has 6 heteroatoms. The summed E-state index contributed by atoms with van der Waals surface area (Å²) in [4.78, 5) is 40.2. The Kier molecular flexibility index (Phi) is 3.78. The second-order valence-electron chi connectivity index (χ2n) is 7.32. The molecule has 6 nitrogen and oxygen atoms in total. The van der Waals surface area contributed by atoms with Crippen molar-refractivity contribution >= 4 is 23.5 Å². The van der Waals surface area contributed by atoms with Gasteiger partial charge in [-0.3, -0.25) is 14.4 Å². The maximum absolute atomic E-state index is 12.9. The van der Waals surface area contributed by atoms with Crippen molar-refractivity contribution in [1.29, 1.82) is 0 Å². The molecule has 1 aromatic rings. The molecule has 1 saturated carbocycles. The van der Waals surface area contributed by atoms with E-state index in [-0.39, 0.29) is 17.7 Å². The highest BCUT2D eigenvalue weighted by Gasteiger charge is 2.58. The number of hydrogen-bond acceptors (Lipinski definition) is 3. The van der Waals surface area contributed by atoms with Crippen molar-refractivity contribution in [3.8, 4) is 0 Å². The highest BCUT2D eigenvalue weighted by Crippen LogP contribution is 2.48. The molecule has 0 spiro atoms. The summed E-state index contributed by atoms with van der Waals surface area (Å²) in [6, 6.07) is 7.99. The minimum atomic E-state index is -1.18. The molecule has 25 heavy (non-hydrogen) atoms. The summed E-state index contributed by atoms with van der Waals surface area (Å²) >= 11 is 0. The number of nitrogens with zero attached hydrogens (tertiary/aromatic N) is 2. The summed E-state index contributed by atoms with van der Waals surface area (Å²) in [5.74, 6) is -1.23. The van der Waals surface area contributed by atoms with Gasteiger partial charge < -0.3 is 14.9 Å². The van der Waals surface area contributed by atoms with Crippen LogP contribution in [0.2, 0.25) is 0 Å². The summed E-state index contributed by atoms with van der Waals surface area (Å²) in [5.41, 5.74) is 1.04. The molecular formula is C19H22N2O4. The van der Waals surface area contributed by atoms with Gasteiger partial charge in [0.05, 0.1) is 0 Å². The van der Waals surface area contributed by atoms with Gasteiger partial charge in [-0.2, -0.15) is 0 Å². The zero-order valence-electron chi connectivity index (χ0n) is 14.1. The number of hydrogen-bond donors (Lipinski definition) is 1. The second-order valence-corrected chi connectivity index (χ2v) is 7.32. The summed E-state index contributed by atoms with van der Waals surface area (Å²) in [6.45, 7) is 1.67. The molecule has 3 aliphatic rings. The van der Waals surface area contributed by atoms with Crippen LogP contribution in [0.15, 0.2) is 24.3 Å². The first kappa shape index (κ1) is 16.1.